The molecular weight excluding hydrogens is 426 g/mol. The van der Waals surface area contributed by atoms with Gasteiger partial charge >= 0.3 is 0 Å². The van der Waals surface area contributed by atoms with E-state index in [0.717, 1.165) is 31.2 Å². The fraction of sp³-hybridized carbons (Fsp3) is 0.458. The van der Waals surface area contributed by atoms with Gasteiger partial charge in [0.05, 0.1) is 11.7 Å². The number of nitrogens with two attached hydrogens (primary N) is 1. The summed E-state index contributed by atoms with van der Waals surface area (Å²) in [6.45, 7) is 0.689. The first kappa shape index (κ1) is 22.6. The number of fused-ring (bicyclic) bond motifs is 4. The number of aromatic amines is 1. The van der Waals surface area contributed by atoms with Crippen LogP contribution in [0.25, 0.3) is 11.3 Å². The zero-order valence-corrected chi connectivity index (χ0v) is 18.8. The van der Waals surface area contributed by atoms with Gasteiger partial charge in [-0.2, -0.15) is 0 Å². The monoisotopic (exact) mass is 455 g/mol. The Labute approximate surface area is 193 Å². The second-order valence-corrected chi connectivity index (χ2v) is 9.02. The number of hydrogen-bond acceptors (Lipinski definition) is 4. The van der Waals surface area contributed by atoms with E-state index in [4.69, 9.17) is 22.3 Å². The number of aromatic nitrogens is 2. The van der Waals surface area contributed by atoms with E-state index >= 15 is 0 Å². The van der Waals surface area contributed by atoms with Gasteiger partial charge < -0.3 is 21.4 Å². The summed E-state index contributed by atoms with van der Waals surface area (Å²) in [4.78, 5) is 33.3. The molecule has 170 valence electrons. The fourth-order valence-electron chi connectivity index (χ4n) is 4.48. The van der Waals surface area contributed by atoms with Gasteiger partial charge in [-0.3, -0.25) is 9.59 Å². The number of para-hydroxylation sites is 1. The van der Waals surface area contributed by atoms with E-state index < -0.39 is 0 Å². The summed E-state index contributed by atoms with van der Waals surface area (Å²) in [7, 11) is 0. The Balaban J connectivity index is 1.60. The number of anilines is 1. The van der Waals surface area contributed by atoms with Crippen molar-refractivity contribution in [3.05, 3.63) is 47.4 Å². The number of carbonyl (C=O) groups is 2. The molecule has 1 aliphatic heterocycles. The lowest BCUT2D eigenvalue weighted by molar-refractivity contribution is -0.127. The zero-order chi connectivity index (χ0) is 22.5. The van der Waals surface area contributed by atoms with Crippen molar-refractivity contribution in [2.24, 2.45) is 17.6 Å². The van der Waals surface area contributed by atoms with Crippen LogP contribution in [0.5, 0.6) is 0 Å². The van der Waals surface area contributed by atoms with Crippen molar-refractivity contribution in [1.29, 1.82) is 0 Å². The highest BCUT2D eigenvalue weighted by atomic mass is 35.5. The molecule has 8 heteroatoms. The van der Waals surface area contributed by atoms with Gasteiger partial charge in [0, 0.05) is 17.9 Å². The lowest BCUT2D eigenvalue weighted by Crippen LogP contribution is -2.36. The third-order valence-electron chi connectivity index (χ3n) is 6.41. The molecule has 1 fully saturated rings. The Morgan fingerprint density at radius 3 is 2.75 bits per heavy atom. The summed E-state index contributed by atoms with van der Waals surface area (Å²) in [5, 5.41) is 6.52. The average Bonchev–Trinajstić information content (AvgIpc) is 3.19. The van der Waals surface area contributed by atoms with E-state index in [1.54, 1.807) is 0 Å². The van der Waals surface area contributed by atoms with Gasteiger partial charge in [0.15, 0.2) is 0 Å². The summed E-state index contributed by atoms with van der Waals surface area (Å²) in [6.07, 6.45) is 9.25. The number of allylic oxidation sites excluding steroid dienone is 1. The van der Waals surface area contributed by atoms with Crippen LogP contribution in [0.1, 0.15) is 56.8 Å². The quantitative estimate of drug-likeness (QED) is 0.516. The highest BCUT2D eigenvalue weighted by Gasteiger charge is 2.28. The number of amides is 2. The lowest BCUT2D eigenvalue weighted by atomic mass is 9.81. The van der Waals surface area contributed by atoms with E-state index in [1.807, 2.05) is 36.4 Å². The van der Waals surface area contributed by atoms with Gasteiger partial charge in [-0.05, 0) is 57.1 Å². The van der Waals surface area contributed by atoms with Gasteiger partial charge in [-0.15, -0.1) is 0 Å². The number of rotatable bonds is 3. The molecule has 2 aliphatic rings. The molecule has 2 heterocycles. The van der Waals surface area contributed by atoms with Crippen LogP contribution in [-0.4, -0.2) is 28.3 Å². The summed E-state index contributed by atoms with van der Waals surface area (Å²) in [5.41, 5.74) is 7.76. The SMILES string of the molecule is NC[C@H]1CC[C@H](C(=O)NC2C/C=C/CCC(=O)Nc3ccccc3-c3nc2[nH]c3Cl)CC1. The minimum absolute atomic E-state index is 0.00110. The molecule has 7 nitrogen and oxygen atoms in total. The number of nitrogens with one attached hydrogen (secondary N) is 3. The van der Waals surface area contributed by atoms with Gasteiger partial charge in [0.1, 0.15) is 16.7 Å². The molecule has 0 radical (unpaired) electrons. The molecular formula is C24H30ClN5O2. The summed E-state index contributed by atoms with van der Waals surface area (Å²) in [6, 6.07) is 7.13. The Bertz CT molecular complexity index is 994. The van der Waals surface area contributed by atoms with Crippen LogP contribution in [0.2, 0.25) is 5.15 Å². The number of carbonyl (C=O) groups excluding carboxylic acids is 2. The molecule has 0 saturated heterocycles. The molecule has 0 spiro atoms. The van der Waals surface area contributed by atoms with Crippen LogP contribution < -0.4 is 16.4 Å². The molecule has 4 rings (SSSR count). The number of H-pyrrole nitrogens is 1. The molecule has 1 atom stereocenters. The van der Waals surface area contributed by atoms with E-state index in [9.17, 15) is 9.59 Å². The van der Waals surface area contributed by atoms with Crippen molar-refractivity contribution in [2.75, 3.05) is 11.9 Å². The number of imidazole rings is 1. The van der Waals surface area contributed by atoms with Crippen molar-refractivity contribution in [3.63, 3.8) is 0 Å². The first-order chi connectivity index (χ1) is 15.5. The summed E-state index contributed by atoms with van der Waals surface area (Å²) >= 11 is 6.52. The molecule has 1 saturated carbocycles. The summed E-state index contributed by atoms with van der Waals surface area (Å²) < 4.78 is 0. The second kappa shape index (κ2) is 10.3. The first-order valence-corrected chi connectivity index (χ1v) is 11.7. The smallest absolute Gasteiger partial charge is 0.224 e. The van der Waals surface area contributed by atoms with Gasteiger partial charge in [0.2, 0.25) is 11.8 Å². The van der Waals surface area contributed by atoms with E-state index in [-0.39, 0.29) is 23.8 Å². The number of hydrogen-bond donors (Lipinski definition) is 4. The van der Waals surface area contributed by atoms with E-state index in [0.29, 0.717) is 54.1 Å². The maximum Gasteiger partial charge on any atom is 0.224 e. The largest absolute Gasteiger partial charge is 0.346 e. The highest BCUT2D eigenvalue weighted by molar-refractivity contribution is 6.32. The minimum Gasteiger partial charge on any atom is -0.346 e. The molecule has 1 aromatic heterocycles. The standard InChI is InChI=1S/C24H30ClN5O2/c25-22-21-17-6-4-5-7-18(17)27-20(31)9-3-1-2-8-19(23(29-21)30-22)28-24(32)16-12-10-15(14-26)11-13-16/h1-2,4-7,15-16,19H,3,8-14,26H2,(H,27,31)(H,28,32)(H,29,30)/b2-1+/t15-,16-,19?. The van der Waals surface area contributed by atoms with Crippen molar-refractivity contribution in [3.8, 4) is 11.3 Å². The van der Waals surface area contributed by atoms with Crippen LogP contribution in [0.15, 0.2) is 36.4 Å². The predicted molar refractivity (Wildman–Crippen MR) is 126 cm³/mol. The number of halogens is 1. The van der Waals surface area contributed by atoms with Crippen LogP contribution in [-0.2, 0) is 9.59 Å². The van der Waals surface area contributed by atoms with Crippen molar-refractivity contribution < 1.29 is 9.59 Å². The molecule has 1 aromatic carbocycles. The molecule has 5 N–H and O–H groups in total. The zero-order valence-electron chi connectivity index (χ0n) is 18.1. The van der Waals surface area contributed by atoms with Crippen molar-refractivity contribution in [1.82, 2.24) is 15.3 Å². The van der Waals surface area contributed by atoms with E-state index in [1.165, 1.54) is 0 Å². The normalized spacial score (nSPS) is 24.8. The molecule has 2 bridgehead atoms. The van der Waals surface area contributed by atoms with Crippen LogP contribution >= 0.6 is 11.6 Å². The Morgan fingerprint density at radius 1 is 1.19 bits per heavy atom. The Kier molecular flexibility index (Phi) is 7.27. The van der Waals surface area contributed by atoms with Crippen LogP contribution in [0.3, 0.4) is 0 Å². The Morgan fingerprint density at radius 2 is 1.97 bits per heavy atom. The topological polar surface area (TPSA) is 113 Å². The first-order valence-electron chi connectivity index (χ1n) is 11.3. The molecule has 1 aliphatic carbocycles. The Hall–Kier alpha value is -2.64. The van der Waals surface area contributed by atoms with Crippen molar-refractivity contribution >= 4 is 29.1 Å². The molecule has 32 heavy (non-hydrogen) atoms. The minimum atomic E-state index is -0.325. The van der Waals surface area contributed by atoms with Crippen LogP contribution in [0, 0.1) is 11.8 Å². The second-order valence-electron chi connectivity index (χ2n) is 8.64. The van der Waals surface area contributed by atoms with Crippen LogP contribution in [0.4, 0.5) is 5.69 Å². The van der Waals surface area contributed by atoms with Crippen molar-refractivity contribution in [2.45, 2.75) is 51.0 Å². The third kappa shape index (κ3) is 5.22. The van der Waals surface area contributed by atoms with Gasteiger partial charge in [-0.25, -0.2) is 4.98 Å². The van der Waals surface area contributed by atoms with E-state index in [2.05, 4.69) is 15.6 Å². The third-order valence-corrected chi connectivity index (χ3v) is 6.68. The summed E-state index contributed by atoms with van der Waals surface area (Å²) in [5.74, 6) is 1.12. The molecule has 1 unspecified atom stereocenters. The predicted octanol–water partition coefficient (Wildman–Crippen LogP) is 4.33. The average molecular weight is 456 g/mol. The molecule has 2 aromatic rings. The highest BCUT2D eigenvalue weighted by Crippen LogP contribution is 2.34. The lowest BCUT2D eigenvalue weighted by Gasteiger charge is -2.28. The number of benzene rings is 1. The van der Waals surface area contributed by atoms with Gasteiger partial charge in [0.25, 0.3) is 0 Å². The maximum atomic E-state index is 13.0. The van der Waals surface area contributed by atoms with Gasteiger partial charge in [-0.1, -0.05) is 42.0 Å². The number of nitrogens with zero attached hydrogens (tertiary/aromatic N) is 1. The fourth-order valence-corrected chi connectivity index (χ4v) is 4.72. The maximum absolute atomic E-state index is 13.0. The molecule has 2 amide bonds.